The van der Waals surface area contributed by atoms with Crippen LogP contribution in [0.15, 0.2) is 53.2 Å². The number of carbonyl (C=O) groups is 1. The van der Waals surface area contributed by atoms with Gasteiger partial charge in [-0.25, -0.2) is 13.6 Å². The van der Waals surface area contributed by atoms with Gasteiger partial charge in [0.25, 0.3) is 0 Å². The molecule has 4 heterocycles. The Morgan fingerprint density at radius 1 is 1.26 bits per heavy atom. The monoisotopic (exact) mass is 638 g/mol. The number of alkyl carbamates (subject to hydrolysis) is 1. The first-order chi connectivity index (χ1) is 22.0. The van der Waals surface area contributed by atoms with Crippen molar-refractivity contribution in [3.8, 4) is 6.01 Å². The fourth-order valence-corrected chi connectivity index (χ4v) is 7.08. The summed E-state index contributed by atoms with van der Waals surface area (Å²) < 4.78 is 43.2. The largest absolute Gasteiger partial charge is 0.508 e. The third-order valence-corrected chi connectivity index (χ3v) is 9.36. The van der Waals surface area contributed by atoms with Crippen LogP contribution in [-0.4, -0.2) is 94.2 Å². The number of piperidine rings is 1. The zero-order valence-corrected chi connectivity index (χ0v) is 26.5. The smallest absolute Gasteiger partial charge is 0.407 e. The highest BCUT2D eigenvalue weighted by Crippen LogP contribution is 2.46. The molecule has 5 atom stereocenters. The van der Waals surface area contributed by atoms with E-state index in [-0.39, 0.29) is 54.1 Å². The fourth-order valence-electron chi connectivity index (χ4n) is 7.08. The van der Waals surface area contributed by atoms with Gasteiger partial charge in [-0.15, -0.1) is 0 Å². The molecule has 0 aromatic carbocycles. The van der Waals surface area contributed by atoms with Crippen molar-refractivity contribution in [2.45, 2.75) is 63.2 Å². The van der Waals surface area contributed by atoms with Crippen LogP contribution in [0.2, 0.25) is 0 Å². The maximum Gasteiger partial charge on any atom is 0.407 e. The van der Waals surface area contributed by atoms with E-state index in [1.165, 1.54) is 25.4 Å². The number of halogens is 2. The number of anilines is 1. The molecule has 0 bridgehead atoms. The number of hydrogen-bond acceptors (Lipinski definition) is 10. The van der Waals surface area contributed by atoms with E-state index in [0.29, 0.717) is 61.1 Å². The quantitative estimate of drug-likeness (QED) is 0.395. The number of ether oxygens (including phenoxy) is 2. The molecule has 0 spiro atoms. The molecule has 2 fully saturated rings. The first kappa shape index (κ1) is 31.9. The molecule has 3 N–H and O–H groups in total. The van der Waals surface area contributed by atoms with Crippen molar-refractivity contribution in [1.82, 2.24) is 25.2 Å². The second-order valence-electron chi connectivity index (χ2n) is 12.8. The Balaban J connectivity index is 1.38. The molecule has 11 nitrogen and oxygen atoms in total. The minimum absolute atomic E-state index is 0.0198. The molecule has 2 aliphatic carbocycles. The van der Waals surface area contributed by atoms with Crippen LogP contribution in [0.5, 0.6) is 6.01 Å². The van der Waals surface area contributed by atoms with Gasteiger partial charge in [-0.1, -0.05) is 13.0 Å². The van der Waals surface area contributed by atoms with Crippen molar-refractivity contribution in [2.24, 2.45) is 5.92 Å². The highest BCUT2D eigenvalue weighted by Gasteiger charge is 2.38. The molecule has 0 saturated carbocycles. The summed E-state index contributed by atoms with van der Waals surface area (Å²) in [6, 6.07) is -0.156. The highest BCUT2D eigenvalue weighted by molar-refractivity contribution is 5.90. The summed E-state index contributed by atoms with van der Waals surface area (Å²) in [5.41, 5.74) is 0.213. The number of β-amino-alcohol motifs (C(OH)–C–C–N with tert-alkyl or cyclic N) is 1. The normalized spacial score (nSPS) is 28.2. The van der Waals surface area contributed by atoms with E-state index in [4.69, 9.17) is 9.47 Å². The van der Waals surface area contributed by atoms with Crippen LogP contribution < -0.4 is 15.0 Å². The lowest BCUT2D eigenvalue weighted by Crippen LogP contribution is -2.46. The van der Waals surface area contributed by atoms with Crippen LogP contribution >= 0.6 is 0 Å². The number of likely N-dealkylation sites (N-methyl/N-ethyl adjacent to an activating group) is 1. The van der Waals surface area contributed by atoms with Gasteiger partial charge in [0, 0.05) is 57.2 Å². The van der Waals surface area contributed by atoms with E-state index >= 15 is 4.39 Å². The standard InChI is InChI=1S/C33H40F2N6O5/c1-5-22-25(34)8-7-18-11-20(42)13-23(26(18)22)28-27(35)29-24(14-37-28)30(41-10-6-9-33(2,44)17-41)39-31(38-29)45-16-19-12-21(15-40(19)4)46-32(43)36-3/h7-8,11,13-14,19,21,23,26,42,44H,5-6,9-10,12,15-17H2,1-4H3,(H,36,43)/t19-,21+,23?,26?,33+/m0/s1. The Morgan fingerprint density at radius 2 is 2.07 bits per heavy atom. The van der Waals surface area contributed by atoms with Gasteiger partial charge in [-0.2, -0.15) is 9.97 Å². The first-order valence-electron chi connectivity index (χ1n) is 15.7. The van der Waals surface area contributed by atoms with Crippen LogP contribution in [-0.2, 0) is 4.74 Å². The van der Waals surface area contributed by atoms with Crippen LogP contribution in [0, 0.1) is 11.7 Å². The van der Waals surface area contributed by atoms with Gasteiger partial charge in [0.05, 0.1) is 16.7 Å². The molecule has 46 heavy (non-hydrogen) atoms. The van der Waals surface area contributed by atoms with E-state index in [1.807, 2.05) is 23.8 Å². The molecule has 246 valence electrons. The van der Waals surface area contributed by atoms with E-state index in [2.05, 4.69) is 20.3 Å². The Kier molecular flexibility index (Phi) is 8.73. The number of aromatic nitrogens is 3. The van der Waals surface area contributed by atoms with E-state index in [9.17, 15) is 19.4 Å². The predicted molar refractivity (Wildman–Crippen MR) is 168 cm³/mol. The summed E-state index contributed by atoms with van der Waals surface area (Å²) >= 11 is 0. The van der Waals surface area contributed by atoms with Crippen LogP contribution in [0.4, 0.5) is 19.4 Å². The third kappa shape index (κ3) is 6.17. The SMILES string of the molecule is CCC1=C(F)C=CC2=CC(O)=CC(c3ncc4c(N5CCC[C@@](C)(O)C5)nc(OC[C@@H]5C[C@@H](OC(=O)NC)CN5C)nc4c3F)C21. The third-order valence-electron chi connectivity index (χ3n) is 9.36. The molecule has 2 aliphatic heterocycles. The molecule has 13 heteroatoms. The highest BCUT2D eigenvalue weighted by atomic mass is 19.1. The summed E-state index contributed by atoms with van der Waals surface area (Å²) in [5, 5.41) is 24.3. The lowest BCUT2D eigenvalue weighted by molar-refractivity contribution is 0.0447. The van der Waals surface area contributed by atoms with Gasteiger partial charge in [-0.05, 0) is 62.6 Å². The average Bonchev–Trinajstić information content (AvgIpc) is 3.37. The zero-order chi connectivity index (χ0) is 32.7. The van der Waals surface area contributed by atoms with Crippen molar-refractivity contribution in [3.63, 3.8) is 0 Å². The summed E-state index contributed by atoms with van der Waals surface area (Å²) in [4.78, 5) is 29.4. The minimum Gasteiger partial charge on any atom is -0.508 e. The van der Waals surface area contributed by atoms with E-state index in [0.717, 1.165) is 0 Å². The van der Waals surface area contributed by atoms with E-state index < -0.39 is 29.3 Å². The molecule has 6 rings (SSSR count). The van der Waals surface area contributed by atoms with Crippen molar-refractivity contribution in [3.05, 3.63) is 64.7 Å². The molecule has 2 unspecified atom stereocenters. The summed E-state index contributed by atoms with van der Waals surface area (Å²) in [6.07, 6.45) is 9.00. The Hall–Kier alpha value is -4.10. The molecule has 2 saturated heterocycles. The number of likely N-dealkylation sites (tertiary alicyclic amines) is 1. The number of pyridine rings is 1. The Labute approximate surface area is 266 Å². The van der Waals surface area contributed by atoms with Gasteiger partial charge < -0.3 is 29.9 Å². The number of nitrogens with one attached hydrogen (secondary N) is 1. The number of carbonyl (C=O) groups excluding carboxylic acids is 1. The summed E-state index contributed by atoms with van der Waals surface area (Å²) in [5.74, 6) is -2.07. The Morgan fingerprint density at radius 3 is 2.80 bits per heavy atom. The molecule has 0 radical (unpaired) electrons. The molecule has 1 amide bonds. The van der Waals surface area contributed by atoms with E-state index in [1.54, 1.807) is 19.1 Å². The van der Waals surface area contributed by atoms with Gasteiger partial charge in [0.2, 0.25) is 0 Å². The summed E-state index contributed by atoms with van der Waals surface area (Å²) in [7, 11) is 3.41. The van der Waals surface area contributed by atoms with Crippen molar-refractivity contribution in [1.29, 1.82) is 0 Å². The van der Waals surface area contributed by atoms with Crippen LogP contribution in [0.3, 0.4) is 0 Å². The molecule has 4 aliphatic rings. The minimum atomic E-state index is -0.969. The predicted octanol–water partition coefficient (Wildman–Crippen LogP) is 4.61. The van der Waals surface area contributed by atoms with Crippen LogP contribution in [0.1, 0.15) is 51.1 Å². The number of fused-ring (bicyclic) bond motifs is 2. The number of aliphatic hydroxyl groups excluding tert-OH is 1. The Bertz CT molecular complexity index is 1660. The topological polar surface area (TPSA) is 133 Å². The van der Waals surface area contributed by atoms with Gasteiger partial charge >= 0.3 is 12.1 Å². The average molecular weight is 639 g/mol. The molecule has 2 aromatic heterocycles. The second-order valence-corrected chi connectivity index (χ2v) is 12.8. The van der Waals surface area contributed by atoms with Gasteiger partial charge in [0.1, 0.15) is 35.6 Å². The lowest BCUT2D eigenvalue weighted by atomic mass is 9.72. The van der Waals surface area contributed by atoms with Crippen LogP contribution in [0.25, 0.3) is 10.9 Å². The number of nitrogens with zero attached hydrogens (tertiary/aromatic N) is 5. The molecular weight excluding hydrogens is 598 g/mol. The molecule has 2 aromatic rings. The number of aliphatic hydroxyl groups is 2. The fraction of sp³-hybridized carbons (Fsp3) is 0.515. The lowest BCUT2D eigenvalue weighted by Gasteiger charge is -2.38. The number of rotatable bonds is 7. The van der Waals surface area contributed by atoms with Gasteiger partial charge in [-0.3, -0.25) is 9.88 Å². The maximum absolute atomic E-state index is 16.8. The maximum atomic E-state index is 16.8. The molecular formula is C33H40F2N6O5. The first-order valence-corrected chi connectivity index (χ1v) is 15.7. The number of hydrogen-bond donors (Lipinski definition) is 3. The summed E-state index contributed by atoms with van der Waals surface area (Å²) in [6.45, 7) is 5.15. The van der Waals surface area contributed by atoms with Crippen molar-refractivity contribution >= 4 is 22.8 Å². The number of allylic oxidation sites excluding steroid dienone is 7. The number of amides is 1. The van der Waals surface area contributed by atoms with Crippen molar-refractivity contribution in [2.75, 3.05) is 45.2 Å². The van der Waals surface area contributed by atoms with Gasteiger partial charge in [0.15, 0.2) is 5.82 Å². The van der Waals surface area contributed by atoms with Crippen molar-refractivity contribution < 1.29 is 33.3 Å². The second kappa shape index (κ2) is 12.6. The zero-order valence-electron chi connectivity index (χ0n) is 26.5.